The Kier molecular flexibility index (Phi) is 5.56. The highest BCUT2D eigenvalue weighted by atomic mass is 16.5. The van der Waals surface area contributed by atoms with Gasteiger partial charge in [0.05, 0.1) is 18.4 Å². The van der Waals surface area contributed by atoms with Crippen LogP contribution in [0.25, 0.3) is 0 Å². The molecule has 1 atom stereocenters. The normalized spacial score (nSPS) is 18.5. The number of anilines is 2. The average Bonchev–Trinajstić information content (AvgIpc) is 3.12. The molecule has 2 N–H and O–H groups in total. The summed E-state index contributed by atoms with van der Waals surface area (Å²) in [7, 11) is 0. The van der Waals surface area contributed by atoms with Crippen LogP contribution in [0.15, 0.2) is 6.20 Å². The number of carbonyl (C=O) groups is 2. The summed E-state index contributed by atoms with van der Waals surface area (Å²) in [4.78, 5) is 30.4. The monoisotopic (exact) mass is 357 g/mol. The topological polar surface area (TPSA) is 107 Å². The molecule has 0 aromatic carbocycles. The summed E-state index contributed by atoms with van der Waals surface area (Å²) >= 11 is 0. The molecule has 1 amide bonds. The lowest BCUT2D eigenvalue weighted by Gasteiger charge is -2.34. The van der Waals surface area contributed by atoms with Crippen molar-refractivity contribution in [3.8, 4) is 6.07 Å². The molecule has 0 radical (unpaired) electrons. The van der Waals surface area contributed by atoms with Gasteiger partial charge in [0, 0.05) is 37.4 Å². The number of nitrogens with one attached hydrogen (secondary N) is 2. The standard InChI is InChI=1S/C18H23N5O3/c1-2-26-18(25)14-10-21-17-13(6-8-20-17)16(14)22-12-4-3-9-23(11-12)15(24)5-7-19/h10,12H,2-6,8-9,11H2,1H3,(H2,20,21,22)/t12-/m1/s1. The van der Waals surface area contributed by atoms with Crippen LogP contribution in [0.4, 0.5) is 11.5 Å². The Balaban J connectivity index is 1.82. The van der Waals surface area contributed by atoms with E-state index in [0.717, 1.165) is 42.9 Å². The van der Waals surface area contributed by atoms with E-state index in [-0.39, 0.29) is 18.4 Å². The molecule has 2 aliphatic rings. The van der Waals surface area contributed by atoms with Crippen LogP contribution in [-0.4, -0.2) is 54.0 Å². The van der Waals surface area contributed by atoms with Crippen molar-refractivity contribution in [2.24, 2.45) is 0 Å². The Morgan fingerprint density at radius 2 is 2.38 bits per heavy atom. The fraction of sp³-hybridized carbons (Fsp3) is 0.556. The van der Waals surface area contributed by atoms with Gasteiger partial charge in [-0.05, 0) is 26.2 Å². The predicted molar refractivity (Wildman–Crippen MR) is 95.8 cm³/mol. The highest BCUT2D eigenvalue weighted by Gasteiger charge is 2.28. The number of piperidine rings is 1. The first-order chi connectivity index (χ1) is 12.6. The number of hydrogen-bond donors (Lipinski definition) is 2. The fourth-order valence-electron chi connectivity index (χ4n) is 3.49. The summed E-state index contributed by atoms with van der Waals surface area (Å²) in [5, 5.41) is 15.4. The molecule has 0 bridgehead atoms. The number of hydrogen-bond acceptors (Lipinski definition) is 7. The number of likely N-dealkylation sites (tertiary alicyclic amines) is 1. The second-order valence-electron chi connectivity index (χ2n) is 6.43. The Bertz CT molecular complexity index is 743. The minimum atomic E-state index is -0.398. The SMILES string of the molecule is CCOC(=O)c1cnc2c(c1N[C@@H]1CCCN(C(=O)CC#N)C1)CCN2. The van der Waals surface area contributed by atoms with Crippen molar-refractivity contribution in [2.75, 3.05) is 36.9 Å². The number of fused-ring (bicyclic) bond motifs is 1. The van der Waals surface area contributed by atoms with Gasteiger partial charge in [-0.3, -0.25) is 4.79 Å². The molecule has 26 heavy (non-hydrogen) atoms. The third-order valence-electron chi connectivity index (χ3n) is 4.70. The zero-order chi connectivity index (χ0) is 18.5. The first-order valence-corrected chi connectivity index (χ1v) is 8.98. The van der Waals surface area contributed by atoms with Gasteiger partial charge in [0.25, 0.3) is 0 Å². The Hall–Kier alpha value is -2.82. The molecule has 3 rings (SSSR count). The maximum Gasteiger partial charge on any atom is 0.341 e. The van der Waals surface area contributed by atoms with E-state index in [1.54, 1.807) is 18.0 Å². The van der Waals surface area contributed by atoms with E-state index in [0.29, 0.717) is 25.3 Å². The van der Waals surface area contributed by atoms with Gasteiger partial charge in [-0.25, -0.2) is 9.78 Å². The first-order valence-electron chi connectivity index (χ1n) is 8.98. The lowest BCUT2D eigenvalue weighted by atomic mass is 10.0. The summed E-state index contributed by atoms with van der Waals surface area (Å²) in [6.07, 6.45) is 3.97. The molecule has 1 aromatic rings. The second-order valence-corrected chi connectivity index (χ2v) is 6.43. The molecular weight excluding hydrogens is 334 g/mol. The van der Waals surface area contributed by atoms with Crippen molar-refractivity contribution in [3.05, 3.63) is 17.3 Å². The smallest absolute Gasteiger partial charge is 0.341 e. The van der Waals surface area contributed by atoms with Crippen LogP contribution >= 0.6 is 0 Å². The van der Waals surface area contributed by atoms with Gasteiger partial charge >= 0.3 is 5.97 Å². The van der Waals surface area contributed by atoms with Gasteiger partial charge < -0.3 is 20.3 Å². The second kappa shape index (κ2) is 8.04. The molecule has 1 fully saturated rings. The molecule has 1 aromatic heterocycles. The highest BCUT2D eigenvalue weighted by molar-refractivity contribution is 5.97. The lowest BCUT2D eigenvalue weighted by molar-refractivity contribution is -0.131. The van der Waals surface area contributed by atoms with Crippen LogP contribution in [0.5, 0.6) is 0 Å². The van der Waals surface area contributed by atoms with Gasteiger partial charge in [-0.2, -0.15) is 5.26 Å². The summed E-state index contributed by atoms with van der Waals surface area (Å²) < 4.78 is 5.17. The van der Waals surface area contributed by atoms with Crippen LogP contribution in [0.1, 0.15) is 42.1 Å². The van der Waals surface area contributed by atoms with Crippen LogP contribution in [0.3, 0.4) is 0 Å². The molecule has 0 spiro atoms. The summed E-state index contributed by atoms with van der Waals surface area (Å²) in [6.45, 7) is 4.04. The van der Waals surface area contributed by atoms with Crippen LogP contribution in [0.2, 0.25) is 0 Å². The predicted octanol–water partition coefficient (Wildman–Crippen LogP) is 1.54. The number of pyridine rings is 1. The molecule has 138 valence electrons. The summed E-state index contributed by atoms with van der Waals surface area (Å²) in [5.74, 6) is 0.241. The fourth-order valence-corrected chi connectivity index (χ4v) is 3.49. The Morgan fingerprint density at radius 3 is 3.15 bits per heavy atom. The van der Waals surface area contributed by atoms with Crippen LogP contribution < -0.4 is 10.6 Å². The van der Waals surface area contributed by atoms with Gasteiger partial charge in [0.15, 0.2) is 0 Å². The van der Waals surface area contributed by atoms with E-state index in [1.165, 1.54) is 0 Å². The quantitative estimate of drug-likeness (QED) is 0.770. The number of nitrogens with zero attached hydrogens (tertiary/aromatic N) is 3. The van der Waals surface area contributed by atoms with E-state index >= 15 is 0 Å². The van der Waals surface area contributed by atoms with E-state index in [1.807, 2.05) is 6.07 Å². The number of amides is 1. The highest BCUT2D eigenvalue weighted by Crippen LogP contribution is 2.32. The van der Waals surface area contributed by atoms with Gasteiger partial charge in [-0.15, -0.1) is 0 Å². The van der Waals surface area contributed by atoms with Crippen LogP contribution in [-0.2, 0) is 16.0 Å². The van der Waals surface area contributed by atoms with Crippen LogP contribution in [0, 0.1) is 11.3 Å². The molecule has 2 aliphatic heterocycles. The van der Waals surface area contributed by atoms with Crippen molar-refractivity contribution in [3.63, 3.8) is 0 Å². The maximum absolute atomic E-state index is 12.3. The van der Waals surface area contributed by atoms with Crippen molar-refractivity contribution < 1.29 is 14.3 Å². The van der Waals surface area contributed by atoms with E-state index in [2.05, 4.69) is 15.6 Å². The van der Waals surface area contributed by atoms with Crippen molar-refractivity contribution >= 4 is 23.4 Å². The van der Waals surface area contributed by atoms with Crippen molar-refractivity contribution in [2.45, 2.75) is 38.6 Å². The number of rotatable bonds is 5. The minimum Gasteiger partial charge on any atom is -0.462 e. The zero-order valence-electron chi connectivity index (χ0n) is 14.9. The summed E-state index contributed by atoms with van der Waals surface area (Å²) in [6, 6.07) is 1.93. The number of ether oxygens (including phenoxy) is 1. The van der Waals surface area contributed by atoms with Gasteiger partial charge in [0.2, 0.25) is 5.91 Å². The largest absolute Gasteiger partial charge is 0.462 e. The zero-order valence-corrected chi connectivity index (χ0v) is 14.9. The van der Waals surface area contributed by atoms with E-state index in [4.69, 9.17) is 10.00 Å². The molecule has 0 unspecified atom stereocenters. The molecule has 0 aliphatic carbocycles. The average molecular weight is 357 g/mol. The van der Waals surface area contributed by atoms with Gasteiger partial charge in [0.1, 0.15) is 17.8 Å². The molecule has 8 nitrogen and oxygen atoms in total. The number of aromatic nitrogens is 1. The third-order valence-corrected chi connectivity index (χ3v) is 4.70. The number of esters is 1. The van der Waals surface area contributed by atoms with Crippen molar-refractivity contribution in [1.82, 2.24) is 9.88 Å². The number of nitriles is 1. The molecular formula is C18H23N5O3. The lowest BCUT2D eigenvalue weighted by Crippen LogP contribution is -2.45. The van der Waals surface area contributed by atoms with E-state index < -0.39 is 5.97 Å². The van der Waals surface area contributed by atoms with E-state index in [9.17, 15) is 9.59 Å². The summed E-state index contributed by atoms with van der Waals surface area (Å²) in [5.41, 5.74) is 2.16. The number of carbonyl (C=O) groups excluding carboxylic acids is 2. The Labute approximate surface area is 152 Å². The Morgan fingerprint density at radius 1 is 1.54 bits per heavy atom. The molecule has 3 heterocycles. The molecule has 0 saturated carbocycles. The third kappa shape index (κ3) is 3.72. The molecule has 8 heteroatoms. The van der Waals surface area contributed by atoms with Crippen molar-refractivity contribution in [1.29, 1.82) is 5.26 Å². The van der Waals surface area contributed by atoms with Gasteiger partial charge in [-0.1, -0.05) is 0 Å². The maximum atomic E-state index is 12.3. The molecule has 1 saturated heterocycles. The first kappa shape index (κ1) is 18.0. The minimum absolute atomic E-state index is 0.0201.